The average molecular weight is 476 g/mol. The number of nitrogens with one attached hydrogen (secondary N) is 1. The number of fused-ring (bicyclic) bond motifs is 1. The molecule has 3 heterocycles. The van der Waals surface area contributed by atoms with Crippen LogP contribution in [0.4, 0.5) is 0 Å². The number of carbonyl (C=O) groups excluding carboxylic acids is 1. The molecule has 0 unspecified atom stereocenters. The molecule has 4 aliphatic rings. The van der Waals surface area contributed by atoms with E-state index in [1.54, 1.807) is 0 Å². The molecule has 7 nitrogen and oxygen atoms in total. The molecule has 1 aromatic rings. The van der Waals surface area contributed by atoms with E-state index in [2.05, 4.69) is 21.8 Å². The van der Waals surface area contributed by atoms with E-state index < -0.39 is 0 Å². The third-order valence-electron chi connectivity index (χ3n) is 8.33. The second kappa shape index (κ2) is 10.7. The third kappa shape index (κ3) is 5.00. The van der Waals surface area contributed by atoms with Crippen LogP contribution < -0.4 is 5.32 Å². The van der Waals surface area contributed by atoms with Crippen molar-refractivity contribution in [2.45, 2.75) is 76.4 Å². The molecule has 5 rings (SSSR count). The van der Waals surface area contributed by atoms with Gasteiger partial charge in [-0.15, -0.1) is 0 Å². The Balaban J connectivity index is 1.30. The van der Waals surface area contributed by atoms with Crippen LogP contribution in [0.2, 0.25) is 0 Å². The highest BCUT2D eigenvalue weighted by atomic mass is 32.2. The van der Waals surface area contributed by atoms with Crippen LogP contribution in [0.1, 0.15) is 67.2 Å². The number of hydrogen-bond donors (Lipinski definition) is 1. The number of amides is 1. The highest BCUT2D eigenvalue weighted by Gasteiger charge is 2.39. The first-order valence-corrected chi connectivity index (χ1v) is 14.4. The average Bonchev–Trinajstić information content (AvgIpc) is 3.26. The standard InChI is InChI=1S/C25H41N5O2S/c1-2-30-22-7-6-20(18-21(22)23(27-30)24(31)28-12-16-33-17-13-28)26-19-25(8-4-3-5-9-25)29-10-14-32-15-11-29/h20,26H,2-19H2,1H3/t20-/m1/s1. The van der Waals surface area contributed by atoms with Crippen LogP contribution in [0.3, 0.4) is 0 Å². The van der Waals surface area contributed by atoms with E-state index in [4.69, 9.17) is 9.84 Å². The van der Waals surface area contributed by atoms with Crippen LogP contribution in [-0.4, -0.2) is 94.5 Å². The number of aromatic nitrogens is 2. The summed E-state index contributed by atoms with van der Waals surface area (Å²) >= 11 is 1.94. The molecule has 184 valence electrons. The monoisotopic (exact) mass is 475 g/mol. The van der Waals surface area contributed by atoms with Crippen molar-refractivity contribution in [2.75, 3.05) is 57.4 Å². The van der Waals surface area contributed by atoms with E-state index in [1.165, 1.54) is 43.4 Å². The molecule has 2 aliphatic carbocycles. The van der Waals surface area contributed by atoms with Gasteiger partial charge in [0.05, 0.1) is 13.2 Å². The smallest absolute Gasteiger partial charge is 0.274 e. The molecular weight excluding hydrogens is 434 g/mol. The molecule has 2 saturated heterocycles. The summed E-state index contributed by atoms with van der Waals surface area (Å²) in [5.74, 6) is 2.23. The van der Waals surface area contributed by atoms with Crippen LogP contribution >= 0.6 is 11.8 Å². The quantitative estimate of drug-likeness (QED) is 0.682. The van der Waals surface area contributed by atoms with E-state index in [0.29, 0.717) is 6.04 Å². The first-order chi connectivity index (χ1) is 16.2. The normalized spacial score (nSPS) is 26.2. The topological polar surface area (TPSA) is 62.6 Å². The van der Waals surface area contributed by atoms with Crippen LogP contribution in [-0.2, 0) is 24.1 Å². The summed E-state index contributed by atoms with van der Waals surface area (Å²) in [7, 11) is 0. The Bertz CT molecular complexity index is 810. The summed E-state index contributed by atoms with van der Waals surface area (Å²) in [6.45, 7) is 9.58. The van der Waals surface area contributed by atoms with Gasteiger partial charge in [-0.1, -0.05) is 19.3 Å². The van der Waals surface area contributed by atoms with Crippen molar-refractivity contribution in [3.63, 3.8) is 0 Å². The molecule has 33 heavy (non-hydrogen) atoms. The summed E-state index contributed by atoms with van der Waals surface area (Å²) in [6, 6.07) is 0.426. The fourth-order valence-corrected chi connectivity index (χ4v) is 7.30. The van der Waals surface area contributed by atoms with Crippen molar-refractivity contribution in [2.24, 2.45) is 0 Å². The van der Waals surface area contributed by atoms with Gasteiger partial charge in [0.25, 0.3) is 5.91 Å². The van der Waals surface area contributed by atoms with Gasteiger partial charge in [-0.05, 0) is 39.0 Å². The van der Waals surface area contributed by atoms with Gasteiger partial charge >= 0.3 is 0 Å². The number of morpholine rings is 1. The molecule has 3 fully saturated rings. The lowest BCUT2D eigenvalue weighted by Crippen LogP contribution is -2.60. The van der Waals surface area contributed by atoms with Crippen molar-refractivity contribution in [3.05, 3.63) is 17.0 Å². The van der Waals surface area contributed by atoms with E-state index in [-0.39, 0.29) is 11.4 Å². The molecule has 1 aromatic heterocycles. The summed E-state index contributed by atoms with van der Waals surface area (Å²) in [5, 5.41) is 8.82. The number of aryl methyl sites for hydroxylation is 1. The Morgan fingerprint density at radius 3 is 2.64 bits per heavy atom. The third-order valence-corrected chi connectivity index (χ3v) is 9.28. The van der Waals surface area contributed by atoms with Crippen LogP contribution in [0, 0.1) is 0 Å². The molecule has 8 heteroatoms. The molecule has 0 aromatic carbocycles. The van der Waals surface area contributed by atoms with Crippen molar-refractivity contribution < 1.29 is 9.53 Å². The maximum atomic E-state index is 13.4. The highest BCUT2D eigenvalue weighted by Crippen LogP contribution is 2.35. The minimum absolute atomic E-state index is 0.150. The SMILES string of the molecule is CCn1nc(C(=O)N2CCSCC2)c2c1CC[C@@H](NCC1(N3CCOCC3)CCCCC1)C2. The molecule has 1 N–H and O–H groups in total. The molecule has 2 aliphatic heterocycles. The number of ether oxygens (including phenoxy) is 1. The summed E-state index contributed by atoms with van der Waals surface area (Å²) in [6.07, 6.45) is 9.71. The fourth-order valence-electron chi connectivity index (χ4n) is 6.40. The second-order valence-corrected chi connectivity index (χ2v) is 11.4. The second-order valence-electron chi connectivity index (χ2n) is 10.2. The van der Waals surface area contributed by atoms with Crippen molar-refractivity contribution in [1.29, 1.82) is 0 Å². The first kappa shape index (κ1) is 23.6. The van der Waals surface area contributed by atoms with Gasteiger partial charge in [-0.25, -0.2) is 0 Å². The molecular formula is C25H41N5O2S. The maximum Gasteiger partial charge on any atom is 0.274 e. The maximum absolute atomic E-state index is 13.4. The van der Waals surface area contributed by atoms with Crippen molar-refractivity contribution >= 4 is 17.7 Å². The number of rotatable bonds is 6. The Morgan fingerprint density at radius 2 is 1.91 bits per heavy atom. The van der Waals surface area contributed by atoms with Gasteiger partial charge in [0.2, 0.25) is 0 Å². The molecule has 0 bridgehead atoms. The van der Waals surface area contributed by atoms with Crippen LogP contribution in [0.15, 0.2) is 0 Å². The lowest BCUT2D eigenvalue weighted by molar-refractivity contribution is -0.0378. The molecule has 0 radical (unpaired) electrons. The minimum Gasteiger partial charge on any atom is -0.379 e. The lowest BCUT2D eigenvalue weighted by Gasteiger charge is -2.49. The van der Waals surface area contributed by atoms with Gasteiger partial charge in [0.15, 0.2) is 5.69 Å². The van der Waals surface area contributed by atoms with E-state index in [1.807, 2.05) is 16.7 Å². The zero-order chi connectivity index (χ0) is 22.7. The zero-order valence-electron chi connectivity index (χ0n) is 20.3. The first-order valence-electron chi connectivity index (χ1n) is 13.2. The molecule has 1 saturated carbocycles. The summed E-state index contributed by atoms with van der Waals surface area (Å²) in [5.41, 5.74) is 3.52. The Kier molecular flexibility index (Phi) is 7.64. The van der Waals surface area contributed by atoms with Crippen LogP contribution in [0.5, 0.6) is 0 Å². The Morgan fingerprint density at radius 1 is 1.15 bits per heavy atom. The van der Waals surface area contributed by atoms with Crippen molar-refractivity contribution in [1.82, 2.24) is 24.9 Å². The van der Waals surface area contributed by atoms with Gasteiger partial charge in [-0.3, -0.25) is 14.4 Å². The summed E-state index contributed by atoms with van der Waals surface area (Å²) < 4.78 is 7.75. The van der Waals surface area contributed by atoms with E-state index >= 15 is 0 Å². The number of nitrogens with zero attached hydrogens (tertiary/aromatic N) is 4. The zero-order valence-corrected chi connectivity index (χ0v) is 21.1. The number of hydrogen-bond acceptors (Lipinski definition) is 6. The predicted octanol–water partition coefficient (Wildman–Crippen LogP) is 2.57. The highest BCUT2D eigenvalue weighted by molar-refractivity contribution is 7.99. The number of thioether (sulfide) groups is 1. The lowest BCUT2D eigenvalue weighted by atomic mass is 9.79. The fraction of sp³-hybridized carbons (Fsp3) is 0.840. The van der Waals surface area contributed by atoms with Gasteiger partial charge in [-0.2, -0.15) is 16.9 Å². The van der Waals surface area contributed by atoms with Gasteiger partial charge in [0, 0.05) is 73.6 Å². The number of carbonyl (C=O) groups is 1. The molecule has 0 spiro atoms. The minimum atomic E-state index is 0.150. The predicted molar refractivity (Wildman–Crippen MR) is 133 cm³/mol. The van der Waals surface area contributed by atoms with Crippen molar-refractivity contribution in [3.8, 4) is 0 Å². The van der Waals surface area contributed by atoms with Gasteiger partial charge in [0.1, 0.15) is 0 Å². The van der Waals surface area contributed by atoms with Crippen LogP contribution in [0.25, 0.3) is 0 Å². The van der Waals surface area contributed by atoms with E-state index in [9.17, 15) is 4.79 Å². The van der Waals surface area contributed by atoms with E-state index in [0.717, 1.165) is 88.9 Å². The van der Waals surface area contributed by atoms with Gasteiger partial charge < -0.3 is 15.0 Å². The largest absolute Gasteiger partial charge is 0.379 e. The Hall–Kier alpha value is -1.09. The molecule has 1 atom stereocenters. The Labute approximate surface area is 203 Å². The summed E-state index contributed by atoms with van der Waals surface area (Å²) in [4.78, 5) is 18.1. The molecule has 1 amide bonds.